The van der Waals surface area contributed by atoms with Crippen LogP contribution < -0.4 is 15.8 Å². The Balaban J connectivity index is 1.92. The van der Waals surface area contributed by atoms with Gasteiger partial charge < -0.3 is 15.8 Å². The molecule has 138 valence electrons. The number of nitrogens with two attached hydrogens (primary N) is 1. The smallest absolute Gasteiger partial charge is 0.245 e. The van der Waals surface area contributed by atoms with Crippen LogP contribution in [-0.4, -0.2) is 16.1 Å². The Bertz CT molecular complexity index is 1250. The minimum absolute atomic E-state index is 0.0645. The second-order valence-electron chi connectivity index (χ2n) is 6.81. The summed E-state index contributed by atoms with van der Waals surface area (Å²) in [5.74, 6) is -0.246. The largest absolute Gasteiger partial charge is 0.420 e. The monoisotopic (exact) mass is 389 g/mol. The third-order valence-corrected chi connectivity index (χ3v) is 6.24. The minimum atomic E-state index is -1.41. The Morgan fingerprint density at radius 2 is 2.11 bits per heavy atom. The number of benzene rings is 1. The van der Waals surface area contributed by atoms with Gasteiger partial charge in [0.1, 0.15) is 17.1 Å². The Labute approximate surface area is 164 Å². The molecule has 1 spiro atoms. The fourth-order valence-corrected chi connectivity index (χ4v) is 5.11. The highest BCUT2D eigenvalue weighted by molar-refractivity contribution is 7.12. The van der Waals surface area contributed by atoms with Crippen molar-refractivity contribution in [2.24, 2.45) is 5.73 Å². The molecule has 0 unspecified atom stereocenters. The number of H-pyrrole nitrogens is 1. The number of carbonyl (C=O) groups is 1. The summed E-state index contributed by atoms with van der Waals surface area (Å²) in [7, 11) is 0. The van der Waals surface area contributed by atoms with Crippen LogP contribution in [0.4, 0.5) is 5.69 Å². The summed E-state index contributed by atoms with van der Waals surface area (Å²) in [4.78, 5) is 15.6. The molecule has 0 fully saturated rings. The van der Waals surface area contributed by atoms with E-state index in [0.29, 0.717) is 22.5 Å². The number of hydrogen-bond acceptors (Lipinski definition) is 6. The van der Waals surface area contributed by atoms with Crippen molar-refractivity contribution in [3.05, 3.63) is 62.7 Å². The predicted octanol–water partition coefficient (Wildman–Crippen LogP) is 3.08. The molecule has 2 aliphatic rings. The van der Waals surface area contributed by atoms with Gasteiger partial charge in [-0.1, -0.05) is 18.2 Å². The number of nitrogens with one attached hydrogen (secondary N) is 2. The second-order valence-corrected chi connectivity index (χ2v) is 8.27. The molecule has 7 nitrogen and oxygen atoms in total. The number of aryl methyl sites for hydroxylation is 2. The number of ether oxygens (including phenoxy) is 1. The average Bonchev–Trinajstić information content (AvgIpc) is 3.30. The van der Waals surface area contributed by atoms with Crippen LogP contribution in [0.3, 0.4) is 0 Å². The number of aromatic nitrogens is 2. The lowest BCUT2D eigenvalue weighted by molar-refractivity contribution is -0.118. The number of carbonyl (C=O) groups excluding carboxylic acids is 1. The minimum Gasteiger partial charge on any atom is -0.420 e. The number of rotatable bonds is 1. The molecule has 1 aromatic carbocycles. The summed E-state index contributed by atoms with van der Waals surface area (Å²) in [5, 5.41) is 20.1. The second kappa shape index (κ2) is 5.47. The number of amides is 1. The van der Waals surface area contributed by atoms with E-state index in [1.807, 2.05) is 44.2 Å². The zero-order valence-electron chi connectivity index (χ0n) is 15.1. The molecular formula is C20H15N5O2S. The van der Waals surface area contributed by atoms with Crippen molar-refractivity contribution in [1.29, 1.82) is 5.26 Å². The van der Waals surface area contributed by atoms with E-state index in [2.05, 4.69) is 21.6 Å². The average molecular weight is 389 g/mol. The molecule has 0 radical (unpaired) electrons. The van der Waals surface area contributed by atoms with Crippen LogP contribution in [0, 0.1) is 25.2 Å². The van der Waals surface area contributed by atoms with E-state index in [4.69, 9.17) is 10.5 Å². The number of para-hydroxylation sites is 1. The quantitative estimate of drug-likeness (QED) is 0.591. The number of fused-ring (bicyclic) bond motifs is 4. The van der Waals surface area contributed by atoms with Gasteiger partial charge in [-0.2, -0.15) is 5.26 Å². The predicted molar refractivity (Wildman–Crippen MR) is 105 cm³/mol. The van der Waals surface area contributed by atoms with Crippen molar-refractivity contribution >= 4 is 22.9 Å². The number of hydrogen-bond donors (Lipinski definition) is 3. The van der Waals surface area contributed by atoms with Gasteiger partial charge in [0.15, 0.2) is 0 Å². The highest BCUT2D eigenvalue weighted by atomic mass is 32.1. The van der Waals surface area contributed by atoms with Gasteiger partial charge in [0.2, 0.25) is 17.7 Å². The first kappa shape index (κ1) is 16.6. The van der Waals surface area contributed by atoms with E-state index < -0.39 is 5.41 Å². The van der Waals surface area contributed by atoms with E-state index >= 15 is 0 Å². The summed E-state index contributed by atoms with van der Waals surface area (Å²) in [6.07, 6.45) is 0. The van der Waals surface area contributed by atoms with Gasteiger partial charge in [0.05, 0.1) is 11.3 Å². The summed E-state index contributed by atoms with van der Waals surface area (Å²) in [6.45, 7) is 4.03. The molecular weight excluding hydrogens is 374 g/mol. The first-order valence-electron chi connectivity index (χ1n) is 8.63. The zero-order chi connectivity index (χ0) is 19.6. The first-order chi connectivity index (χ1) is 13.5. The Morgan fingerprint density at radius 1 is 1.32 bits per heavy atom. The molecule has 0 aliphatic carbocycles. The molecule has 4 heterocycles. The fourth-order valence-electron chi connectivity index (χ4n) is 4.18. The van der Waals surface area contributed by atoms with Crippen molar-refractivity contribution in [2.75, 3.05) is 5.32 Å². The van der Waals surface area contributed by atoms with Crippen LogP contribution in [-0.2, 0) is 10.2 Å². The fraction of sp³-hybridized carbons (Fsp3) is 0.150. The number of aromatic amines is 1. The maximum Gasteiger partial charge on any atom is 0.245 e. The molecule has 1 amide bonds. The zero-order valence-corrected chi connectivity index (χ0v) is 15.9. The van der Waals surface area contributed by atoms with Crippen molar-refractivity contribution in [3.63, 3.8) is 0 Å². The summed E-state index contributed by atoms with van der Waals surface area (Å²) >= 11 is 1.65. The standard InChI is InChI=1S/C20H15N5O2S/c1-9-7-11(10(2)28-9)16-15-18(25-24-16)27-17(22)13(8-21)20(15)12-5-3-4-6-14(12)23-19(20)26/h3-7H,22H2,1-2H3,(H,23,26)(H,24,25)/t20-/m0/s1. The van der Waals surface area contributed by atoms with Crippen molar-refractivity contribution in [3.8, 4) is 23.2 Å². The number of nitriles is 1. The third-order valence-electron chi connectivity index (χ3n) is 5.28. The molecule has 28 heavy (non-hydrogen) atoms. The maximum atomic E-state index is 13.4. The number of thiophene rings is 1. The molecule has 8 heteroatoms. The van der Waals surface area contributed by atoms with Gasteiger partial charge in [-0.3, -0.25) is 9.89 Å². The van der Waals surface area contributed by atoms with E-state index in [0.717, 1.165) is 15.3 Å². The normalized spacial score (nSPS) is 19.8. The topological polar surface area (TPSA) is 117 Å². The van der Waals surface area contributed by atoms with Crippen LogP contribution in [0.15, 0.2) is 41.8 Å². The third kappa shape index (κ3) is 1.86. The van der Waals surface area contributed by atoms with Crippen LogP contribution in [0.1, 0.15) is 20.9 Å². The lowest BCUT2D eigenvalue weighted by Crippen LogP contribution is -2.42. The van der Waals surface area contributed by atoms with Gasteiger partial charge >= 0.3 is 0 Å². The molecule has 4 N–H and O–H groups in total. The van der Waals surface area contributed by atoms with Crippen LogP contribution in [0.2, 0.25) is 0 Å². The lowest BCUT2D eigenvalue weighted by Gasteiger charge is -2.31. The molecule has 1 atom stereocenters. The molecule has 0 saturated carbocycles. The molecule has 2 aromatic heterocycles. The Morgan fingerprint density at radius 3 is 2.82 bits per heavy atom. The highest BCUT2D eigenvalue weighted by Gasteiger charge is 2.58. The highest BCUT2D eigenvalue weighted by Crippen LogP contribution is 2.55. The summed E-state index contributed by atoms with van der Waals surface area (Å²) < 4.78 is 5.65. The molecule has 0 saturated heterocycles. The van der Waals surface area contributed by atoms with Crippen molar-refractivity contribution in [2.45, 2.75) is 19.3 Å². The number of nitrogens with zero attached hydrogens (tertiary/aromatic N) is 2. The van der Waals surface area contributed by atoms with Gasteiger partial charge in [0, 0.05) is 26.6 Å². The summed E-state index contributed by atoms with van der Waals surface area (Å²) in [6, 6.07) is 11.5. The van der Waals surface area contributed by atoms with Gasteiger partial charge in [0.25, 0.3) is 0 Å². The molecule has 3 aromatic rings. The molecule has 5 rings (SSSR count). The lowest BCUT2D eigenvalue weighted by atomic mass is 9.68. The van der Waals surface area contributed by atoms with Gasteiger partial charge in [-0.05, 0) is 26.0 Å². The van der Waals surface area contributed by atoms with Crippen molar-refractivity contribution in [1.82, 2.24) is 10.2 Å². The first-order valence-corrected chi connectivity index (χ1v) is 9.45. The van der Waals surface area contributed by atoms with E-state index in [9.17, 15) is 10.1 Å². The maximum absolute atomic E-state index is 13.4. The van der Waals surface area contributed by atoms with Crippen LogP contribution in [0.5, 0.6) is 5.88 Å². The van der Waals surface area contributed by atoms with Gasteiger partial charge in [-0.15, -0.1) is 16.4 Å². The molecule has 2 aliphatic heterocycles. The van der Waals surface area contributed by atoms with E-state index in [-0.39, 0.29) is 23.2 Å². The van der Waals surface area contributed by atoms with Crippen molar-refractivity contribution < 1.29 is 9.53 Å². The van der Waals surface area contributed by atoms with Gasteiger partial charge in [-0.25, -0.2) is 0 Å². The SMILES string of the molecule is Cc1cc(-c2[nH]nc3c2[C@@]2(C(=O)Nc4ccccc42)C(C#N)=C(N)O3)c(C)s1. The van der Waals surface area contributed by atoms with E-state index in [1.54, 1.807) is 11.3 Å². The summed E-state index contributed by atoms with van der Waals surface area (Å²) in [5.41, 5.74) is 8.12. The van der Waals surface area contributed by atoms with Crippen LogP contribution in [0.25, 0.3) is 11.3 Å². The number of anilines is 1. The van der Waals surface area contributed by atoms with E-state index in [1.165, 1.54) is 0 Å². The molecule has 0 bridgehead atoms. The van der Waals surface area contributed by atoms with Crippen LogP contribution >= 0.6 is 11.3 Å². The Kier molecular flexibility index (Phi) is 3.24. The Hall–Kier alpha value is -3.57.